The van der Waals surface area contributed by atoms with Gasteiger partial charge in [-0.05, 0) is 54.7 Å². The molecule has 2 aromatic carbocycles. The van der Waals surface area contributed by atoms with Crippen LogP contribution in [0.15, 0.2) is 60.8 Å². The Bertz CT molecular complexity index is 1310. The molecule has 174 valence electrons. The number of aryl methyl sites for hydroxylation is 1. The first-order chi connectivity index (χ1) is 16.5. The Morgan fingerprint density at radius 2 is 1.82 bits per heavy atom. The Labute approximate surface area is 199 Å². The molecule has 1 aliphatic rings. The topological polar surface area (TPSA) is 95.1 Å². The maximum Gasteiger partial charge on any atom is 0.223 e. The van der Waals surface area contributed by atoms with E-state index < -0.39 is 5.91 Å². The van der Waals surface area contributed by atoms with Gasteiger partial charge in [0.2, 0.25) is 11.9 Å². The monoisotopic (exact) mass is 455 g/mol. The molecule has 1 fully saturated rings. The van der Waals surface area contributed by atoms with E-state index in [1.807, 2.05) is 29.8 Å². The number of carbonyl (C=O) groups is 1. The van der Waals surface area contributed by atoms with Crippen LogP contribution in [0.1, 0.15) is 49.3 Å². The first-order valence-electron chi connectivity index (χ1n) is 11.8. The molecular weight excluding hydrogens is 426 g/mol. The fraction of sp³-hybridized carbons (Fsp3) is 0.296. The molecule has 0 saturated heterocycles. The molecule has 5 rings (SSSR count). The van der Waals surface area contributed by atoms with Crippen molar-refractivity contribution in [1.82, 2.24) is 14.5 Å². The van der Waals surface area contributed by atoms with Gasteiger partial charge in [-0.25, -0.2) is 4.98 Å². The maximum atomic E-state index is 11.2. The summed E-state index contributed by atoms with van der Waals surface area (Å²) in [7, 11) is 1.99. The number of ether oxygens (including phenoxy) is 1. The van der Waals surface area contributed by atoms with E-state index in [9.17, 15) is 4.79 Å². The highest BCUT2D eigenvalue weighted by Gasteiger charge is 2.15. The summed E-state index contributed by atoms with van der Waals surface area (Å²) in [6.45, 7) is 0. The molecule has 4 aromatic rings. The number of amides is 1. The first kappa shape index (κ1) is 21.9. The molecule has 7 heteroatoms. The number of hydrogen-bond acceptors (Lipinski definition) is 5. The van der Waals surface area contributed by atoms with E-state index in [-0.39, 0.29) is 6.42 Å². The van der Waals surface area contributed by atoms with Crippen LogP contribution in [0.25, 0.3) is 11.0 Å². The number of nitrogens with zero attached hydrogens (tertiary/aromatic N) is 3. The van der Waals surface area contributed by atoms with Gasteiger partial charge >= 0.3 is 0 Å². The van der Waals surface area contributed by atoms with Gasteiger partial charge < -0.3 is 20.4 Å². The number of nitrogens with one attached hydrogen (secondary N) is 1. The number of aromatic nitrogens is 3. The Hall–Kier alpha value is -3.87. The number of pyridine rings is 1. The average Bonchev–Trinajstić information content (AvgIpc) is 3.14. The maximum absolute atomic E-state index is 11.2. The van der Waals surface area contributed by atoms with Crippen LogP contribution in [0.3, 0.4) is 0 Å². The molecule has 0 aliphatic heterocycles. The Kier molecular flexibility index (Phi) is 6.16. The van der Waals surface area contributed by atoms with Crippen molar-refractivity contribution in [1.29, 1.82) is 0 Å². The highest BCUT2D eigenvalue weighted by molar-refractivity contribution is 5.81. The van der Waals surface area contributed by atoms with E-state index in [1.165, 1.54) is 37.7 Å². The molecule has 0 spiro atoms. The minimum Gasteiger partial charge on any atom is -0.457 e. The molecule has 2 aromatic heterocycles. The summed E-state index contributed by atoms with van der Waals surface area (Å²) in [6, 6.07) is 18.0. The summed E-state index contributed by atoms with van der Waals surface area (Å²) in [5, 5.41) is 3.45. The molecule has 0 radical (unpaired) electrons. The summed E-state index contributed by atoms with van der Waals surface area (Å²) in [5.41, 5.74) is 10.1. The second-order valence-corrected chi connectivity index (χ2v) is 8.95. The first-order valence-corrected chi connectivity index (χ1v) is 11.8. The summed E-state index contributed by atoms with van der Waals surface area (Å²) >= 11 is 0. The predicted molar refractivity (Wildman–Crippen MR) is 133 cm³/mol. The molecule has 0 bridgehead atoms. The summed E-state index contributed by atoms with van der Waals surface area (Å²) in [6.07, 6.45) is 8.33. The van der Waals surface area contributed by atoms with Crippen molar-refractivity contribution in [3.8, 4) is 11.5 Å². The largest absolute Gasteiger partial charge is 0.457 e. The number of primary amides is 1. The molecule has 7 nitrogen and oxygen atoms in total. The van der Waals surface area contributed by atoms with Crippen LogP contribution >= 0.6 is 0 Å². The summed E-state index contributed by atoms with van der Waals surface area (Å²) < 4.78 is 8.02. The lowest BCUT2D eigenvalue weighted by molar-refractivity contribution is -0.117. The van der Waals surface area contributed by atoms with Crippen LogP contribution in [0, 0.1) is 0 Å². The van der Waals surface area contributed by atoms with Crippen LogP contribution in [0.4, 0.5) is 11.6 Å². The Morgan fingerprint density at radius 3 is 2.59 bits per heavy atom. The smallest absolute Gasteiger partial charge is 0.223 e. The standard InChI is InChI=1S/C27H29N5O2/c1-32-25-12-11-22(34-23-13-14-29-21(15-23)16-26(28)33)17-24(25)31-27(32)30-20-9-7-19(8-10-20)18-5-3-2-4-6-18/h7-15,17-18H,2-6,16H2,1H3,(H2,28,33)(H,30,31). The van der Waals surface area contributed by atoms with E-state index >= 15 is 0 Å². The predicted octanol–water partition coefficient (Wildman–Crippen LogP) is 5.58. The van der Waals surface area contributed by atoms with Gasteiger partial charge in [0.25, 0.3) is 0 Å². The van der Waals surface area contributed by atoms with Crippen molar-refractivity contribution in [2.75, 3.05) is 5.32 Å². The fourth-order valence-electron chi connectivity index (χ4n) is 4.69. The van der Waals surface area contributed by atoms with Crippen LogP contribution in [0.2, 0.25) is 0 Å². The summed E-state index contributed by atoms with van der Waals surface area (Å²) in [4.78, 5) is 20.1. The van der Waals surface area contributed by atoms with E-state index in [0.717, 1.165) is 22.7 Å². The molecule has 2 heterocycles. The fourth-order valence-corrected chi connectivity index (χ4v) is 4.69. The van der Waals surface area contributed by atoms with Gasteiger partial charge in [0.05, 0.1) is 23.1 Å². The van der Waals surface area contributed by atoms with Crippen molar-refractivity contribution in [3.63, 3.8) is 0 Å². The molecule has 0 unspecified atom stereocenters. The lowest BCUT2D eigenvalue weighted by Crippen LogP contribution is -2.14. The minimum atomic E-state index is -0.428. The molecule has 1 amide bonds. The van der Waals surface area contributed by atoms with Crippen molar-refractivity contribution in [2.45, 2.75) is 44.4 Å². The zero-order valence-corrected chi connectivity index (χ0v) is 19.3. The third kappa shape index (κ3) is 4.88. The van der Waals surface area contributed by atoms with E-state index in [4.69, 9.17) is 15.5 Å². The third-order valence-corrected chi connectivity index (χ3v) is 6.47. The van der Waals surface area contributed by atoms with Gasteiger partial charge in [-0.3, -0.25) is 9.78 Å². The van der Waals surface area contributed by atoms with Crippen molar-refractivity contribution in [3.05, 3.63) is 72.1 Å². The molecular formula is C27H29N5O2. The zero-order chi connectivity index (χ0) is 23.5. The van der Waals surface area contributed by atoms with Crippen LogP contribution in [0.5, 0.6) is 11.5 Å². The Balaban J connectivity index is 1.32. The van der Waals surface area contributed by atoms with E-state index in [1.54, 1.807) is 18.3 Å². The number of fused-ring (bicyclic) bond motifs is 1. The normalized spacial score (nSPS) is 14.3. The van der Waals surface area contributed by atoms with Crippen LogP contribution < -0.4 is 15.8 Å². The molecule has 1 saturated carbocycles. The van der Waals surface area contributed by atoms with Gasteiger partial charge in [-0.1, -0.05) is 31.4 Å². The Morgan fingerprint density at radius 1 is 1.06 bits per heavy atom. The second kappa shape index (κ2) is 9.55. The van der Waals surface area contributed by atoms with Crippen LogP contribution in [-0.4, -0.2) is 20.4 Å². The highest BCUT2D eigenvalue weighted by Crippen LogP contribution is 2.33. The van der Waals surface area contributed by atoms with Gasteiger partial charge in [0.15, 0.2) is 0 Å². The van der Waals surface area contributed by atoms with Gasteiger partial charge in [0.1, 0.15) is 11.5 Å². The number of anilines is 2. The van der Waals surface area contributed by atoms with Gasteiger partial charge in [-0.15, -0.1) is 0 Å². The molecule has 0 atom stereocenters. The van der Waals surface area contributed by atoms with Crippen molar-refractivity contribution >= 4 is 28.6 Å². The number of benzene rings is 2. The second-order valence-electron chi connectivity index (χ2n) is 8.95. The third-order valence-electron chi connectivity index (χ3n) is 6.47. The quantitative estimate of drug-likeness (QED) is 0.379. The molecule has 3 N–H and O–H groups in total. The number of imidazole rings is 1. The number of carbonyl (C=O) groups excluding carboxylic acids is 1. The minimum absolute atomic E-state index is 0.0765. The lowest BCUT2D eigenvalue weighted by Gasteiger charge is -2.22. The van der Waals surface area contributed by atoms with E-state index in [0.29, 0.717) is 23.1 Å². The van der Waals surface area contributed by atoms with Gasteiger partial charge in [0, 0.05) is 31.1 Å². The van der Waals surface area contributed by atoms with Gasteiger partial charge in [-0.2, -0.15) is 0 Å². The average molecular weight is 456 g/mol. The SMILES string of the molecule is Cn1c(Nc2ccc(C3CCCCC3)cc2)nc2cc(Oc3ccnc(CC(N)=O)c3)ccc21. The zero-order valence-electron chi connectivity index (χ0n) is 19.3. The van der Waals surface area contributed by atoms with E-state index in [2.05, 4.69) is 34.6 Å². The van der Waals surface area contributed by atoms with Crippen molar-refractivity contribution < 1.29 is 9.53 Å². The summed E-state index contributed by atoms with van der Waals surface area (Å²) in [5.74, 6) is 2.29. The lowest BCUT2D eigenvalue weighted by atomic mass is 9.84. The van der Waals surface area contributed by atoms with Crippen LogP contribution in [-0.2, 0) is 18.3 Å². The number of hydrogen-bond donors (Lipinski definition) is 2. The van der Waals surface area contributed by atoms with Crippen molar-refractivity contribution in [2.24, 2.45) is 12.8 Å². The molecule has 1 aliphatic carbocycles. The molecule has 34 heavy (non-hydrogen) atoms. The number of nitrogens with two attached hydrogens (primary N) is 1. The highest BCUT2D eigenvalue weighted by atomic mass is 16.5. The number of rotatable bonds is 7.